The number of hydrogen-bond donors (Lipinski definition) is 1. The van der Waals surface area contributed by atoms with Gasteiger partial charge in [0.25, 0.3) is 5.91 Å². The van der Waals surface area contributed by atoms with E-state index in [4.69, 9.17) is 4.74 Å². The highest BCUT2D eigenvalue weighted by molar-refractivity contribution is 7.12. The fourth-order valence-electron chi connectivity index (χ4n) is 2.72. The van der Waals surface area contributed by atoms with E-state index in [1.165, 1.54) is 17.4 Å². The average molecular weight is 417 g/mol. The molecule has 1 aromatic heterocycles. The van der Waals surface area contributed by atoms with Gasteiger partial charge in [-0.05, 0) is 67.1 Å². The van der Waals surface area contributed by atoms with Gasteiger partial charge in [0.15, 0.2) is 0 Å². The average Bonchev–Trinajstić information content (AvgIpc) is 3.14. The summed E-state index contributed by atoms with van der Waals surface area (Å²) in [7, 11) is 0. The van der Waals surface area contributed by atoms with Crippen molar-refractivity contribution in [2.75, 3.05) is 5.32 Å². The van der Waals surface area contributed by atoms with Gasteiger partial charge in [0.05, 0.1) is 10.6 Å². The highest BCUT2D eigenvalue weighted by Gasteiger charge is 2.15. The number of rotatable bonds is 7. The molecule has 0 aliphatic rings. The zero-order chi connectivity index (χ0) is 21.0. The third-order valence-electron chi connectivity index (χ3n) is 4.43. The summed E-state index contributed by atoms with van der Waals surface area (Å²) in [4.78, 5) is 13.0. The second-order valence-electron chi connectivity index (χ2n) is 6.64. The molecule has 3 rings (SSSR count). The maximum atomic E-state index is 12.6. The van der Waals surface area contributed by atoms with E-state index in [-0.39, 0.29) is 11.4 Å². The summed E-state index contributed by atoms with van der Waals surface area (Å²) in [6.45, 7) is 3.14. The lowest BCUT2D eigenvalue weighted by molar-refractivity contribution is -0.0494. The van der Waals surface area contributed by atoms with Crippen LogP contribution < -0.4 is 14.8 Å². The highest BCUT2D eigenvalue weighted by Crippen LogP contribution is 2.29. The molecule has 0 spiro atoms. The van der Waals surface area contributed by atoms with Crippen molar-refractivity contribution in [2.45, 2.75) is 34.0 Å². The first-order valence-corrected chi connectivity index (χ1v) is 9.84. The number of hydrogen-bond acceptors (Lipinski definition) is 4. The molecule has 0 bridgehead atoms. The Balaban J connectivity index is 1.67. The maximum absolute atomic E-state index is 12.6. The van der Waals surface area contributed by atoms with Gasteiger partial charge < -0.3 is 14.8 Å². The number of thiophene rings is 1. The Morgan fingerprint density at radius 2 is 1.90 bits per heavy atom. The van der Waals surface area contributed by atoms with E-state index in [0.29, 0.717) is 11.5 Å². The SMILES string of the molecule is Cc1ccc(NC(=O)c2cc(COc3cccc(C)c3C)cs2)c(OC(F)F)c1. The number of alkyl halides is 2. The summed E-state index contributed by atoms with van der Waals surface area (Å²) >= 11 is 1.26. The molecule has 0 saturated carbocycles. The molecule has 0 atom stereocenters. The standard InChI is InChI=1S/C22H21F2NO3S/c1-13-7-8-17(19(9-13)28-22(23)24)25-21(26)20-10-16(12-29-20)11-27-18-6-4-5-14(2)15(18)3/h4-10,12,22H,11H2,1-3H3,(H,25,26). The van der Waals surface area contributed by atoms with Crippen molar-refractivity contribution in [3.8, 4) is 11.5 Å². The van der Waals surface area contributed by atoms with E-state index < -0.39 is 12.5 Å². The first-order valence-electron chi connectivity index (χ1n) is 8.96. The first kappa shape index (κ1) is 20.8. The fourth-order valence-corrected chi connectivity index (χ4v) is 3.51. The molecule has 1 amide bonds. The van der Waals surface area contributed by atoms with E-state index in [1.807, 2.05) is 37.4 Å². The summed E-state index contributed by atoms with van der Waals surface area (Å²) in [6.07, 6.45) is 0. The first-order chi connectivity index (χ1) is 13.8. The maximum Gasteiger partial charge on any atom is 0.387 e. The lowest BCUT2D eigenvalue weighted by atomic mass is 10.1. The molecule has 0 unspecified atom stereocenters. The van der Waals surface area contributed by atoms with Crippen molar-refractivity contribution in [1.29, 1.82) is 0 Å². The minimum absolute atomic E-state index is 0.0663. The number of amides is 1. The van der Waals surface area contributed by atoms with Crippen LogP contribution >= 0.6 is 11.3 Å². The minimum atomic E-state index is -2.97. The van der Waals surface area contributed by atoms with Crippen molar-refractivity contribution >= 4 is 22.9 Å². The number of anilines is 1. The van der Waals surface area contributed by atoms with Gasteiger partial charge in [-0.2, -0.15) is 8.78 Å². The minimum Gasteiger partial charge on any atom is -0.489 e. The van der Waals surface area contributed by atoms with E-state index in [2.05, 4.69) is 10.1 Å². The molecule has 7 heteroatoms. The molecule has 0 fully saturated rings. The van der Waals surface area contributed by atoms with Crippen LogP contribution in [-0.4, -0.2) is 12.5 Å². The van der Waals surface area contributed by atoms with Crippen LogP contribution in [0.3, 0.4) is 0 Å². The number of ether oxygens (including phenoxy) is 2. The van der Waals surface area contributed by atoms with Gasteiger partial charge >= 0.3 is 6.61 Å². The van der Waals surface area contributed by atoms with Crippen LogP contribution in [0.4, 0.5) is 14.5 Å². The summed E-state index contributed by atoms with van der Waals surface area (Å²) in [6, 6.07) is 12.3. The fraction of sp³-hybridized carbons (Fsp3) is 0.227. The van der Waals surface area contributed by atoms with Crippen LogP contribution in [0, 0.1) is 20.8 Å². The van der Waals surface area contributed by atoms with E-state index in [1.54, 1.807) is 25.1 Å². The van der Waals surface area contributed by atoms with Crippen LogP contribution in [0.15, 0.2) is 47.8 Å². The number of benzene rings is 2. The van der Waals surface area contributed by atoms with Crippen molar-refractivity contribution in [3.05, 3.63) is 75.0 Å². The predicted octanol–water partition coefficient (Wildman–Crippen LogP) is 6.11. The zero-order valence-electron chi connectivity index (χ0n) is 16.3. The molecule has 0 aliphatic carbocycles. The number of carbonyl (C=O) groups excluding carboxylic acids is 1. The third-order valence-corrected chi connectivity index (χ3v) is 5.41. The number of aryl methyl sites for hydroxylation is 2. The third kappa shape index (κ3) is 5.32. The van der Waals surface area contributed by atoms with E-state index in [0.717, 1.165) is 28.0 Å². The van der Waals surface area contributed by atoms with Crippen molar-refractivity contribution in [1.82, 2.24) is 0 Å². The molecular formula is C22H21F2NO3S. The van der Waals surface area contributed by atoms with Crippen molar-refractivity contribution in [3.63, 3.8) is 0 Å². The number of nitrogens with one attached hydrogen (secondary N) is 1. The molecule has 0 saturated heterocycles. The van der Waals surface area contributed by atoms with Crippen LogP contribution in [0.2, 0.25) is 0 Å². The molecule has 2 aromatic carbocycles. The summed E-state index contributed by atoms with van der Waals surface area (Å²) < 4.78 is 35.6. The zero-order valence-corrected chi connectivity index (χ0v) is 17.1. The molecule has 29 heavy (non-hydrogen) atoms. The topological polar surface area (TPSA) is 47.6 Å². The van der Waals surface area contributed by atoms with Gasteiger partial charge in [-0.15, -0.1) is 11.3 Å². The molecule has 4 nitrogen and oxygen atoms in total. The van der Waals surface area contributed by atoms with Crippen LogP contribution in [0.5, 0.6) is 11.5 Å². The Hall–Kier alpha value is -2.93. The van der Waals surface area contributed by atoms with Crippen LogP contribution in [0.1, 0.15) is 31.9 Å². The van der Waals surface area contributed by atoms with Gasteiger partial charge in [0.1, 0.15) is 18.1 Å². The van der Waals surface area contributed by atoms with Crippen LogP contribution in [-0.2, 0) is 6.61 Å². The Morgan fingerprint density at radius 1 is 1.10 bits per heavy atom. The molecule has 3 aromatic rings. The second-order valence-corrected chi connectivity index (χ2v) is 7.55. The lowest BCUT2D eigenvalue weighted by Gasteiger charge is -2.12. The van der Waals surface area contributed by atoms with Crippen LogP contribution in [0.25, 0.3) is 0 Å². The quantitative estimate of drug-likeness (QED) is 0.505. The lowest BCUT2D eigenvalue weighted by Crippen LogP contribution is -2.13. The molecular weight excluding hydrogens is 396 g/mol. The van der Waals surface area contributed by atoms with Gasteiger partial charge in [0.2, 0.25) is 0 Å². The van der Waals surface area contributed by atoms with Gasteiger partial charge in [-0.3, -0.25) is 4.79 Å². The van der Waals surface area contributed by atoms with Crippen molar-refractivity contribution in [2.24, 2.45) is 0 Å². The van der Waals surface area contributed by atoms with Crippen molar-refractivity contribution < 1.29 is 23.0 Å². The second kappa shape index (κ2) is 9.05. The molecule has 152 valence electrons. The van der Waals surface area contributed by atoms with E-state index >= 15 is 0 Å². The van der Waals surface area contributed by atoms with E-state index in [9.17, 15) is 13.6 Å². The Bertz CT molecular complexity index is 1020. The molecule has 1 heterocycles. The van der Waals surface area contributed by atoms with Gasteiger partial charge in [0, 0.05) is 5.56 Å². The summed E-state index contributed by atoms with van der Waals surface area (Å²) in [5, 5.41) is 4.47. The molecule has 0 aliphatic heterocycles. The largest absolute Gasteiger partial charge is 0.489 e. The summed E-state index contributed by atoms with van der Waals surface area (Å²) in [5.74, 6) is 0.343. The predicted molar refractivity (Wildman–Crippen MR) is 110 cm³/mol. The summed E-state index contributed by atoms with van der Waals surface area (Å²) in [5.41, 5.74) is 4.02. The molecule has 0 radical (unpaired) electrons. The Kier molecular flexibility index (Phi) is 6.49. The number of halogens is 2. The smallest absolute Gasteiger partial charge is 0.387 e. The normalized spacial score (nSPS) is 10.8. The Morgan fingerprint density at radius 3 is 2.66 bits per heavy atom. The number of carbonyl (C=O) groups is 1. The van der Waals surface area contributed by atoms with Gasteiger partial charge in [-0.1, -0.05) is 18.2 Å². The Labute approximate surface area is 172 Å². The monoisotopic (exact) mass is 417 g/mol. The van der Waals surface area contributed by atoms with Gasteiger partial charge in [-0.25, -0.2) is 0 Å². The highest BCUT2D eigenvalue weighted by atomic mass is 32.1. The molecule has 1 N–H and O–H groups in total.